The molecule has 0 aliphatic rings. The number of methoxy groups -OCH3 is 1. The molecule has 3 rings (SSSR count). The van der Waals surface area contributed by atoms with Gasteiger partial charge in [0, 0.05) is 9.79 Å². The van der Waals surface area contributed by atoms with Crippen LogP contribution < -0.4 is 4.74 Å². The fourth-order valence-corrected chi connectivity index (χ4v) is 3.73. The lowest BCUT2D eigenvalue weighted by Crippen LogP contribution is -1.87. The molecule has 136 valence electrons. The van der Waals surface area contributed by atoms with Gasteiger partial charge in [-0.05, 0) is 72.1 Å². The molecule has 0 N–H and O–H groups in total. The van der Waals surface area contributed by atoms with Crippen molar-refractivity contribution in [2.45, 2.75) is 9.79 Å². The van der Waals surface area contributed by atoms with Crippen LogP contribution in [-0.4, -0.2) is 12.2 Å². The van der Waals surface area contributed by atoms with Crippen LogP contribution in [0.5, 0.6) is 5.75 Å². The Labute approximate surface area is 167 Å². The van der Waals surface area contributed by atoms with E-state index >= 15 is 0 Å². The Morgan fingerprint density at radius 3 is 2.26 bits per heavy atom. The van der Waals surface area contributed by atoms with Gasteiger partial charge < -0.3 is 4.74 Å². The van der Waals surface area contributed by atoms with Gasteiger partial charge in [-0.1, -0.05) is 41.7 Å². The molecular formula is C22H18FNOS2. The lowest BCUT2D eigenvalue weighted by molar-refractivity contribution is 0.414. The Morgan fingerprint density at radius 2 is 1.59 bits per heavy atom. The molecule has 3 aromatic carbocycles. The first kappa shape index (κ1) is 19.3. The molecule has 0 radical (unpaired) electrons. The molecule has 0 saturated heterocycles. The molecule has 3 aromatic rings. The number of thioether (sulfide) groups is 2. The van der Waals surface area contributed by atoms with E-state index in [-0.39, 0.29) is 5.82 Å². The maximum absolute atomic E-state index is 13.1. The normalized spacial score (nSPS) is 11.7. The molecule has 5 heteroatoms. The number of hydrogen-bond acceptors (Lipinski definition) is 4. The average Bonchev–Trinajstić information content (AvgIpc) is 2.71. The zero-order valence-corrected chi connectivity index (χ0v) is 16.3. The van der Waals surface area contributed by atoms with Crippen molar-refractivity contribution in [1.82, 2.24) is 0 Å². The Kier molecular flexibility index (Phi) is 7.13. The van der Waals surface area contributed by atoms with Crippen LogP contribution in [0.2, 0.25) is 0 Å². The SMILES string of the molecule is COc1ccc(SC(C=CSc2ccccc2)=Nc2ccc(F)cc2)cc1. The monoisotopic (exact) mass is 395 g/mol. The Balaban J connectivity index is 1.79. The summed E-state index contributed by atoms with van der Waals surface area (Å²) < 4.78 is 18.4. The number of hydrogen-bond donors (Lipinski definition) is 0. The van der Waals surface area contributed by atoms with Gasteiger partial charge in [0.05, 0.1) is 12.8 Å². The minimum Gasteiger partial charge on any atom is -0.497 e. The van der Waals surface area contributed by atoms with Crippen LogP contribution in [0.25, 0.3) is 0 Å². The lowest BCUT2D eigenvalue weighted by Gasteiger charge is -2.04. The third-order valence-electron chi connectivity index (χ3n) is 3.51. The summed E-state index contributed by atoms with van der Waals surface area (Å²) in [6.45, 7) is 0. The molecule has 27 heavy (non-hydrogen) atoms. The number of benzene rings is 3. The number of nitrogens with zero attached hydrogens (tertiary/aromatic N) is 1. The fourth-order valence-electron chi connectivity index (χ4n) is 2.17. The van der Waals surface area contributed by atoms with Crippen molar-refractivity contribution in [2.24, 2.45) is 4.99 Å². The van der Waals surface area contributed by atoms with Gasteiger partial charge in [0.25, 0.3) is 0 Å². The average molecular weight is 396 g/mol. The summed E-state index contributed by atoms with van der Waals surface area (Å²) in [5.41, 5.74) is 0.710. The van der Waals surface area contributed by atoms with Crippen LogP contribution in [0.3, 0.4) is 0 Å². The first-order valence-corrected chi connectivity index (χ1v) is 9.97. The molecular weight excluding hydrogens is 377 g/mol. The maximum Gasteiger partial charge on any atom is 0.123 e. The Bertz CT molecular complexity index is 907. The molecule has 0 aliphatic carbocycles. The summed E-state index contributed by atoms with van der Waals surface area (Å²) >= 11 is 3.17. The van der Waals surface area contributed by atoms with Crippen molar-refractivity contribution in [1.29, 1.82) is 0 Å². The molecule has 0 unspecified atom stereocenters. The standard InChI is InChI=1S/C22H18FNOS2/c1-25-19-11-13-21(14-12-19)27-22(24-18-9-7-17(23)8-10-18)15-16-26-20-5-3-2-4-6-20/h2-16H,1H3. The fraction of sp³-hybridized carbons (Fsp3) is 0.0455. The summed E-state index contributed by atoms with van der Waals surface area (Å²) in [6.07, 6.45) is 1.97. The van der Waals surface area contributed by atoms with E-state index in [0.29, 0.717) is 5.69 Å². The summed E-state index contributed by atoms with van der Waals surface area (Å²) in [4.78, 5) is 6.85. The van der Waals surface area contributed by atoms with Crippen molar-refractivity contribution in [2.75, 3.05) is 7.11 Å². The van der Waals surface area contributed by atoms with Gasteiger partial charge in [0.1, 0.15) is 16.6 Å². The van der Waals surface area contributed by atoms with Crippen molar-refractivity contribution in [3.05, 3.63) is 96.2 Å². The van der Waals surface area contributed by atoms with Crippen LogP contribution in [0, 0.1) is 5.82 Å². The highest BCUT2D eigenvalue weighted by molar-refractivity contribution is 8.14. The largest absolute Gasteiger partial charge is 0.497 e. The zero-order valence-electron chi connectivity index (χ0n) is 14.7. The molecule has 0 atom stereocenters. The minimum atomic E-state index is -0.270. The van der Waals surface area contributed by atoms with Gasteiger partial charge in [-0.15, -0.1) is 0 Å². The molecule has 0 heterocycles. The Morgan fingerprint density at radius 1 is 0.889 bits per heavy atom. The summed E-state index contributed by atoms with van der Waals surface area (Å²) in [7, 11) is 1.65. The van der Waals surface area contributed by atoms with Crippen molar-refractivity contribution in [3.63, 3.8) is 0 Å². The highest BCUT2D eigenvalue weighted by Crippen LogP contribution is 2.27. The topological polar surface area (TPSA) is 21.6 Å². The van der Waals surface area contributed by atoms with E-state index in [1.165, 1.54) is 12.1 Å². The lowest BCUT2D eigenvalue weighted by atomic mass is 10.3. The molecule has 0 aromatic heterocycles. The minimum absolute atomic E-state index is 0.270. The van der Waals surface area contributed by atoms with Gasteiger partial charge in [0.15, 0.2) is 0 Å². The van der Waals surface area contributed by atoms with E-state index < -0.39 is 0 Å². The van der Waals surface area contributed by atoms with E-state index in [0.717, 1.165) is 20.6 Å². The maximum atomic E-state index is 13.1. The van der Waals surface area contributed by atoms with E-state index in [4.69, 9.17) is 4.74 Å². The third kappa shape index (κ3) is 6.31. The van der Waals surface area contributed by atoms with E-state index in [2.05, 4.69) is 17.1 Å². The van der Waals surface area contributed by atoms with E-state index in [1.54, 1.807) is 42.8 Å². The molecule has 2 nitrogen and oxygen atoms in total. The Hall–Kier alpha value is -2.50. The van der Waals surface area contributed by atoms with Gasteiger partial charge >= 0.3 is 0 Å². The predicted octanol–water partition coefficient (Wildman–Crippen LogP) is 6.96. The highest BCUT2D eigenvalue weighted by Gasteiger charge is 2.02. The quantitative estimate of drug-likeness (QED) is 0.256. The van der Waals surface area contributed by atoms with Gasteiger partial charge in [0.2, 0.25) is 0 Å². The molecule has 0 spiro atoms. The predicted molar refractivity (Wildman–Crippen MR) is 114 cm³/mol. The van der Waals surface area contributed by atoms with Crippen LogP contribution >= 0.6 is 23.5 Å². The third-order valence-corrected chi connectivity index (χ3v) is 5.27. The van der Waals surface area contributed by atoms with E-state index in [9.17, 15) is 4.39 Å². The smallest absolute Gasteiger partial charge is 0.123 e. The van der Waals surface area contributed by atoms with Crippen LogP contribution in [0.15, 0.2) is 105 Å². The van der Waals surface area contributed by atoms with Gasteiger partial charge in [-0.2, -0.15) is 0 Å². The molecule has 0 amide bonds. The second kappa shape index (κ2) is 10.00. The highest BCUT2D eigenvalue weighted by atomic mass is 32.2. The first-order chi connectivity index (χ1) is 13.2. The van der Waals surface area contributed by atoms with Crippen LogP contribution in [-0.2, 0) is 0 Å². The van der Waals surface area contributed by atoms with Gasteiger partial charge in [-0.3, -0.25) is 0 Å². The second-order valence-corrected chi connectivity index (χ2v) is 7.51. The molecule has 0 aliphatic heterocycles. The zero-order chi connectivity index (χ0) is 18.9. The van der Waals surface area contributed by atoms with Gasteiger partial charge in [-0.25, -0.2) is 9.38 Å². The first-order valence-electron chi connectivity index (χ1n) is 8.27. The van der Waals surface area contributed by atoms with E-state index in [1.807, 2.05) is 53.9 Å². The molecule has 0 bridgehead atoms. The number of halogens is 1. The summed E-state index contributed by atoms with van der Waals surface area (Å²) in [5.74, 6) is 0.542. The van der Waals surface area contributed by atoms with Crippen LogP contribution in [0.1, 0.15) is 0 Å². The number of aliphatic imine (C=N–C) groups is 1. The van der Waals surface area contributed by atoms with Crippen molar-refractivity contribution < 1.29 is 9.13 Å². The van der Waals surface area contributed by atoms with Crippen molar-refractivity contribution in [3.8, 4) is 5.75 Å². The summed E-state index contributed by atoms with van der Waals surface area (Å²) in [6, 6.07) is 24.1. The number of ether oxygens (including phenoxy) is 1. The number of rotatable bonds is 6. The molecule has 0 fully saturated rings. The van der Waals surface area contributed by atoms with Crippen LogP contribution in [0.4, 0.5) is 10.1 Å². The molecule has 0 saturated carbocycles. The second-order valence-electron chi connectivity index (χ2n) is 5.44. The van der Waals surface area contributed by atoms with Crippen molar-refractivity contribution >= 4 is 34.3 Å². The summed E-state index contributed by atoms with van der Waals surface area (Å²) in [5, 5.41) is 2.82.